The molecule has 0 fully saturated rings. The third-order valence-electron chi connectivity index (χ3n) is 3.20. The van der Waals surface area contributed by atoms with Crippen molar-refractivity contribution in [2.45, 2.75) is 19.4 Å². The fraction of sp³-hybridized carbons (Fsp3) is 0.188. The Morgan fingerprint density at radius 1 is 1.11 bits per heavy atom. The molecular weight excluding hydrogens is 252 g/mol. The molecule has 96 valence electrons. The van der Waals surface area contributed by atoms with Crippen LogP contribution < -0.4 is 5.73 Å². The van der Waals surface area contributed by atoms with E-state index < -0.39 is 0 Å². The third-order valence-corrected chi connectivity index (χ3v) is 4.37. The molecule has 1 atom stereocenters. The first-order valence-corrected chi connectivity index (χ1v) is 7.20. The van der Waals surface area contributed by atoms with E-state index in [9.17, 15) is 0 Å². The van der Waals surface area contributed by atoms with E-state index in [4.69, 9.17) is 5.73 Å². The molecule has 19 heavy (non-hydrogen) atoms. The minimum absolute atomic E-state index is 0.0277. The van der Waals surface area contributed by atoms with Crippen molar-refractivity contribution in [1.82, 2.24) is 4.98 Å². The van der Waals surface area contributed by atoms with Crippen molar-refractivity contribution in [2.24, 2.45) is 5.73 Å². The van der Waals surface area contributed by atoms with Crippen molar-refractivity contribution < 1.29 is 0 Å². The second-order valence-corrected chi connectivity index (χ2v) is 5.88. The van der Waals surface area contributed by atoms with Crippen LogP contribution in [0.25, 0.3) is 10.2 Å². The lowest BCUT2D eigenvalue weighted by Crippen LogP contribution is -2.12. The first kappa shape index (κ1) is 12.3. The summed E-state index contributed by atoms with van der Waals surface area (Å²) < 4.78 is 1.21. The molecule has 1 heterocycles. The van der Waals surface area contributed by atoms with Crippen molar-refractivity contribution in [3.8, 4) is 0 Å². The van der Waals surface area contributed by atoms with E-state index in [1.807, 2.05) is 18.2 Å². The minimum Gasteiger partial charge on any atom is -0.322 e. The zero-order valence-electron chi connectivity index (χ0n) is 10.8. The molecule has 0 bridgehead atoms. The van der Waals surface area contributed by atoms with Crippen LogP contribution in [0.2, 0.25) is 0 Å². The number of nitrogens with two attached hydrogens (primary N) is 1. The summed E-state index contributed by atoms with van der Waals surface area (Å²) in [5, 5.41) is 1.02. The van der Waals surface area contributed by atoms with Gasteiger partial charge >= 0.3 is 0 Å². The van der Waals surface area contributed by atoms with Crippen LogP contribution in [0.1, 0.15) is 22.2 Å². The molecule has 0 radical (unpaired) electrons. The van der Waals surface area contributed by atoms with Crippen LogP contribution in [0.5, 0.6) is 0 Å². The quantitative estimate of drug-likeness (QED) is 0.783. The van der Waals surface area contributed by atoms with Crippen LogP contribution in [-0.2, 0) is 6.42 Å². The molecule has 3 rings (SSSR count). The SMILES string of the molecule is Cc1ccc(CC(N)c2nc3ccccc3s2)cc1. The molecule has 0 spiro atoms. The van der Waals surface area contributed by atoms with Gasteiger partial charge in [-0.1, -0.05) is 42.0 Å². The standard InChI is InChI=1S/C16H16N2S/c1-11-6-8-12(9-7-11)10-13(17)16-18-14-4-2-3-5-15(14)19-16/h2-9,13H,10,17H2,1H3. The van der Waals surface area contributed by atoms with Gasteiger partial charge in [0.25, 0.3) is 0 Å². The van der Waals surface area contributed by atoms with Gasteiger partial charge in [0.15, 0.2) is 0 Å². The number of benzene rings is 2. The number of hydrogen-bond acceptors (Lipinski definition) is 3. The normalized spacial score (nSPS) is 12.7. The summed E-state index contributed by atoms with van der Waals surface area (Å²) in [5.41, 5.74) is 9.86. The van der Waals surface area contributed by atoms with Crippen LogP contribution in [0.3, 0.4) is 0 Å². The average Bonchev–Trinajstić information content (AvgIpc) is 2.85. The Hall–Kier alpha value is -1.71. The number of hydrogen-bond donors (Lipinski definition) is 1. The molecule has 0 saturated carbocycles. The van der Waals surface area contributed by atoms with Crippen LogP contribution in [-0.4, -0.2) is 4.98 Å². The molecule has 0 aliphatic heterocycles. The van der Waals surface area contributed by atoms with Gasteiger partial charge in [-0.15, -0.1) is 11.3 Å². The van der Waals surface area contributed by atoms with E-state index in [1.165, 1.54) is 15.8 Å². The summed E-state index contributed by atoms with van der Waals surface area (Å²) in [6, 6.07) is 16.7. The first-order valence-electron chi connectivity index (χ1n) is 6.39. The van der Waals surface area contributed by atoms with Crippen LogP contribution in [0.4, 0.5) is 0 Å². The van der Waals surface area contributed by atoms with E-state index in [2.05, 4.69) is 42.2 Å². The molecule has 0 aliphatic carbocycles. The highest BCUT2D eigenvalue weighted by atomic mass is 32.1. The van der Waals surface area contributed by atoms with Crippen molar-refractivity contribution >= 4 is 21.6 Å². The molecule has 2 nitrogen and oxygen atoms in total. The molecule has 2 aromatic carbocycles. The Morgan fingerprint density at radius 3 is 2.58 bits per heavy atom. The molecule has 1 unspecified atom stereocenters. The van der Waals surface area contributed by atoms with Crippen LogP contribution >= 0.6 is 11.3 Å². The summed E-state index contributed by atoms with van der Waals surface area (Å²) in [4.78, 5) is 4.62. The number of fused-ring (bicyclic) bond motifs is 1. The monoisotopic (exact) mass is 268 g/mol. The topological polar surface area (TPSA) is 38.9 Å². The van der Waals surface area contributed by atoms with E-state index in [0.717, 1.165) is 16.9 Å². The molecule has 0 amide bonds. The number of thiazole rings is 1. The van der Waals surface area contributed by atoms with E-state index in [1.54, 1.807) is 11.3 Å². The van der Waals surface area contributed by atoms with Crippen molar-refractivity contribution in [1.29, 1.82) is 0 Å². The number of nitrogens with zero attached hydrogens (tertiary/aromatic N) is 1. The molecule has 3 aromatic rings. The zero-order chi connectivity index (χ0) is 13.2. The summed E-state index contributed by atoms with van der Waals surface area (Å²) in [6.07, 6.45) is 0.833. The molecule has 0 saturated heterocycles. The fourth-order valence-corrected chi connectivity index (χ4v) is 3.08. The zero-order valence-corrected chi connectivity index (χ0v) is 11.7. The van der Waals surface area contributed by atoms with Crippen LogP contribution in [0.15, 0.2) is 48.5 Å². The summed E-state index contributed by atoms with van der Waals surface area (Å²) >= 11 is 1.69. The molecule has 0 aliphatic rings. The van der Waals surface area contributed by atoms with Crippen LogP contribution in [0, 0.1) is 6.92 Å². The maximum atomic E-state index is 6.28. The number of para-hydroxylation sites is 1. The Kier molecular flexibility index (Phi) is 3.32. The maximum absolute atomic E-state index is 6.28. The molecule has 3 heteroatoms. The fourth-order valence-electron chi connectivity index (χ4n) is 2.11. The Balaban J connectivity index is 1.83. The highest BCUT2D eigenvalue weighted by Gasteiger charge is 2.12. The second kappa shape index (κ2) is 5.11. The Labute approximate surface area is 116 Å². The van der Waals surface area contributed by atoms with Gasteiger partial charge in [-0.05, 0) is 31.0 Å². The molecular formula is C16H16N2S. The largest absolute Gasteiger partial charge is 0.322 e. The van der Waals surface area contributed by atoms with Gasteiger partial charge in [0.05, 0.1) is 16.3 Å². The molecule has 2 N–H and O–H groups in total. The Bertz CT molecular complexity index is 652. The highest BCUT2D eigenvalue weighted by Crippen LogP contribution is 2.26. The van der Waals surface area contributed by atoms with Gasteiger partial charge < -0.3 is 5.73 Å². The number of rotatable bonds is 3. The van der Waals surface area contributed by atoms with Crippen molar-refractivity contribution in [3.05, 3.63) is 64.7 Å². The lowest BCUT2D eigenvalue weighted by Gasteiger charge is -2.08. The number of aryl methyl sites for hydroxylation is 1. The summed E-state index contributed by atoms with van der Waals surface area (Å²) in [7, 11) is 0. The summed E-state index contributed by atoms with van der Waals surface area (Å²) in [6.45, 7) is 2.09. The number of aromatic nitrogens is 1. The first-order chi connectivity index (χ1) is 9.22. The van der Waals surface area contributed by atoms with E-state index in [-0.39, 0.29) is 6.04 Å². The lowest BCUT2D eigenvalue weighted by atomic mass is 10.1. The van der Waals surface area contributed by atoms with Gasteiger partial charge in [0.2, 0.25) is 0 Å². The van der Waals surface area contributed by atoms with Gasteiger partial charge in [0, 0.05) is 0 Å². The lowest BCUT2D eigenvalue weighted by molar-refractivity contribution is 0.717. The second-order valence-electron chi connectivity index (χ2n) is 4.82. The van der Waals surface area contributed by atoms with Crippen molar-refractivity contribution in [3.63, 3.8) is 0 Å². The summed E-state index contributed by atoms with van der Waals surface area (Å²) in [5.74, 6) is 0. The average molecular weight is 268 g/mol. The maximum Gasteiger partial charge on any atom is 0.111 e. The predicted molar refractivity (Wildman–Crippen MR) is 81.4 cm³/mol. The van der Waals surface area contributed by atoms with E-state index in [0.29, 0.717) is 0 Å². The van der Waals surface area contributed by atoms with Crippen molar-refractivity contribution in [2.75, 3.05) is 0 Å². The van der Waals surface area contributed by atoms with Gasteiger partial charge in [0.1, 0.15) is 5.01 Å². The Morgan fingerprint density at radius 2 is 1.84 bits per heavy atom. The highest BCUT2D eigenvalue weighted by molar-refractivity contribution is 7.18. The third kappa shape index (κ3) is 2.67. The smallest absolute Gasteiger partial charge is 0.111 e. The predicted octanol–water partition coefficient (Wildman–Crippen LogP) is 3.85. The minimum atomic E-state index is -0.0277. The molecule has 1 aromatic heterocycles. The van der Waals surface area contributed by atoms with E-state index >= 15 is 0 Å². The van der Waals surface area contributed by atoms with Gasteiger partial charge in [-0.2, -0.15) is 0 Å². The van der Waals surface area contributed by atoms with Gasteiger partial charge in [-0.25, -0.2) is 4.98 Å². The van der Waals surface area contributed by atoms with Gasteiger partial charge in [-0.3, -0.25) is 0 Å².